The fraction of sp³-hybridized carbons (Fsp3) is 0.750. The molecule has 0 saturated heterocycles. The lowest BCUT2D eigenvalue weighted by Crippen LogP contribution is -2.37. The van der Waals surface area contributed by atoms with Gasteiger partial charge in [-0.05, 0) is 61.2 Å². The Hall–Kier alpha value is -3.84. The molecule has 6 atom stereocenters. The number of nitrogens with one attached hydrogen (secondary N) is 5. The minimum absolute atomic E-state index is 0.126. The molecule has 2 unspecified atom stereocenters. The Bertz CT molecular complexity index is 1010. The molecule has 0 heterocycles. The molecule has 0 aliphatic heterocycles. The molecule has 4 aliphatic carbocycles. The SMILES string of the molecule is O=C(NCCNC(=O)OCC1[C@H]2CCC#CCC[C@@H]12)OCCNCCOC(=O)NCCNC(=O)OCC1[C@H]2CCC#CCC[C@@H]12. The van der Waals surface area contributed by atoms with Crippen LogP contribution in [0.1, 0.15) is 51.4 Å². The van der Waals surface area contributed by atoms with Crippen LogP contribution in [0.2, 0.25) is 0 Å². The molecule has 0 spiro atoms. The highest BCUT2D eigenvalue weighted by atomic mass is 16.6. The van der Waals surface area contributed by atoms with Crippen LogP contribution in [0.4, 0.5) is 19.2 Å². The fourth-order valence-corrected chi connectivity index (χ4v) is 6.33. The van der Waals surface area contributed by atoms with Crippen molar-refractivity contribution >= 4 is 24.4 Å². The molecule has 0 aromatic rings. The standard InChI is InChI=1S/C32H47N5O8/c38-29(34-13-15-36-31(40)44-21-27-23-9-5-1-2-6-10-24(23)27)42-19-17-33-18-20-43-30(39)35-14-16-37-32(41)45-22-28-25-11-7-3-4-8-12-26(25)28/h23-28,33H,5-22H2,(H,34,38)(H,35,39)(H,36,40)(H,37,41)/t23-,24+,25-,26+,27?,28?. The first kappa shape index (κ1) is 34.0. The van der Waals surface area contributed by atoms with Crippen LogP contribution in [0.5, 0.6) is 0 Å². The quantitative estimate of drug-likeness (QED) is 0.0979. The summed E-state index contributed by atoms with van der Waals surface area (Å²) >= 11 is 0. The van der Waals surface area contributed by atoms with Gasteiger partial charge >= 0.3 is 24.4 Å². The van der Waals surface area contributed by atoms with Gasteiger partial charge in [0.05, 0.1) is 13.2 Å². The van der Waals surface area contributed by atoms with Crippen LogP contribution in [-0.2, 0) is 18.9 Å². The monoisotopic (exact) mass is 629 g/mol. The molecule has 2 fully saturated rings. The lowest BCUT2D eigenvalue weighted by Gasteiger charge is -2.10. The van der Waals surface area contributed by atoms with Crippen LogP contribution in [0.15, 0.2) is 0 Å². The second-order valence-corrected chi connectivity index (χ2v) is 11.8. The van der Waals surface area contributed by atoms with Crippen molar-refractivity contribution < 1.29 is 38.1 Å². The van der Waals surface area contributed by atoms with Crippen molar-refractivity contribution in [3.8, 4) is 23.7 Å². The summed E-state index contributed by atoms with van der Waals surface area (Å²) in [5.74, 6) is 16.0. The summed E-state index contributed by atoms with van der Waals surface area (Å²) in [4.78, 5) is 47.4. The number of rotatable bonds is 16. The normalized spacial score (nSPS) is 25.5. The zero-order valence-corrected chi connectivity index (χ0v) is 26.0. The van der Waals surface area contributed by atoms with Crippen LogP contribution in [0.25, 0.3) is 0 Å². The maximum Gasteiger partial charge on any atom is 0.407 e. The van der Waals surface area contributed by atoms with Crippen molar-refractivity contribution in [2.24, 2.45) is 35.5 Å². The number of alkyl carbamates (subject to hydrolysis) is 4. The Morgan fingerprint density at radius 1 is 0.467 bits per heavy atom. The largest absolute Gasteiger partial charge is 0.449 e. The molecule has 2 saturated carbocycles. The highest BCUT2D eigenvalue weighted by molar-refractivity contribution is 5.69. The first-order chi connectivity index (χ1) is 22.0. The number of carbonyl (C=O) groups excluding carboxylic acids is 4. The number of hydrogen-bond donors (Lipinski definition) is 5. The van der Waals surface area contributed by atoms with E-state index in [0.717, 1.165) is 51.4 Å². The summed E-state index contributed by atoms with van der Waals surface area (Å²) in [6.45, 7) is 2.74. The lowest BCUT2D eigenvalue weighted by molar-refractivity contribution is 0.133. The van der Waals surface area contributed by atoms with E-state index in [1.807, 2.05) is 0 Å². The Labute approximate surface area is 265 Å². The van der Waals surface area contributed by atoms with Crippen molar-refractivity contribution in [2.75, 3.05) is 65.7 Å². The fourth-order valence-electron chi connectivity index (χ4n) is 6.33. The average Bonchev–Trinajstić information content (AvgIpc) is 3.87. The molecule has 4 aliphatic rings. The van der Waals surface area contributed by atoms with Crippen molar-refractivity contribution in [1.82, 2.24) is 26.6 Å². The van der Waals surface area contributed by atoms with E-state index in [1.165, 1.54) is 0 Å². The molecule has 0 aromatic heterocycles. The van der Waals surface area contributed by atoms with Gasteiger partial charge in [-0.25, -0.2) is 19.2 Å². The van der Waals surface area contributed by atoms with E-state index in [0.29, 0.717) is 61.8 Å². The van der Waals surface area contributed by atoms with Crippen LogP contribution in [0, 0.1) is 59.2 Å². The van der Waals surface area contributed by atoms with E-state index in [-0.39, 0.29) is 39.4 Å². The van der Waals surface area contributed by atoms with Crippen molar-refractivity contribution in [3.05, 3.63) is 0 Å². The maximum absolute atomic E-state index is 11.9. The first-order valence-electron chi connectivity index (χ1n) is 16.3. The van der Waals surface area contributed by atoms with E-state index in [2.05, 4.69) is 50.3 Å². The summed E-state index contributed by atoms with van der Waals surface area (Å²) in [7, 11) is 0. The van der Waals surface area contributed by atoms with Crippen LogP contribution >= 0.6 is 0 Å². The van der Waals surface area contributed by atoms with Crippen LogP contribution in [0.3, 0.4) is 0 Å². The Balaban J connectivity index is 0.870. The van der Waals surface area contributed by atoms with Gasteiger partial charge in [-0.15, -0.1) is 23.7 Å². The summed E-state index contributed by atoms with van der Waals surface area (Å²) in [5, 5.41) is 13.4. The minimum atomic E-state index is -0.594. The van der Waals surface area contributed by atoms with Crippen molar-refractivity contribution in [1.29, 1.82) is 0 Å². The van der Waals surface area contributed by atoms with E-state index >= 15 is 0 Å². The molecule has 0 radical (unpaired) electrons. The van der Waals surface area contributed by atoms with Crippen molar-refractivity contribution in [3.63, 3.8) is 0 Å². The third-order valence-electron chi connectivity index (χ3n) is 8.84. The minimum Gasteiger partial charge on any atom is -0.449 e. The maximum atomic E-state index is 11.9. The molecule has 5 N–H and O–H groups in total. The van der Waals surface area contributed by atoms with Gasteiger partial charge in [0.25, 0.3) is 0 Å². The number of amides is 4. The zero-order valence-electron chi connectivity index (χ0n) is 26.0. The molecular formula is C32H47N5O8. The Kier molecular flexibility index (Phi) is 14.3. The summed E-state index contributed by atoms with van der Waals surface area (Å²) in [6, 6.07) is 0. The second-order valence-electron chi connectivity index (χ2n) is 11.8. The van der Waals surface area contributed by atoms with E-state index in [1.54, 1.807) is 0 Å². The number of ether oxygens (including phenoxy) is 4. The summed E-state index contributed by atoms with van der Waals surface area (Å²) in [6.07, 6.45) is 5.86. The van der Waals surface area contributed by atoms with E-state index in [9.17, 15) is 19.2 Å². The molecular weight excluding hydrogens is 582 g/mol. The molecule has 0 bridgehead atoms. The molecule has 13 heteroatoms. The van der Waals surface area contributed by atoms with Crippen LogP contribution in [-0.4, -0.2) is 90.1 Å². The molecule has 45 heavy (non-hydrogen) atoms. The third kappa shape index (κ3) is 12.6. The first-order valence-corrected chi connectivity index (χ1v) is 16.3. The Morgan fingerprint density at radius 2 is 0.778 bits per heavy atom. The average molecular weight is 630 g/mol. The molecule has 13 nitrogen and oxygen atoms in total. The summed E-state index contributed by atoms with van der Waals surface area (Å²) < 4.78 is 20.8. The van der Waals surface area contributed by atoms with Gasteiger partial charge in [0.2, 0.25) is 0 Å². The van der Waals surface area contributed by atoms with Gasteiger partial charge in [-0.3, -0.25) is 0 Å². The van der Waals surface area contributed by atoms with Crippen molar-refractivity contribution in [2.45, 2.75) is 51.4 Å². The predicted octanol–water partition coefficient (Wildman–Crippen LogP) is 2.36. The highest BCUT2D eigenvalue weighted by Crippen LogP contribution is 2.53. The van der Waals surface area contributed by atoms with Gasteiger partial charge < -0.3 is 45.5 Å². The van der Waals surface area contributed by atoms with Crippen LogP contribution < -0.4 is 26.6 Å². The predicted molar refractivity (Wildman–Crippen MR) is 164 cm³/mol. The van der Waals surface area contributed by atoms with E-state index in [4.69, 9.17) is 18.9 Å². The molecule has 4 rings (SSSR count). The van der Waals surface area contributed by atoms with Gasteiger partial charge in [0, 0.05) is 65.0 Å². The third-order valence-corrected chi connectivity index (χ3v) is 8.84. The number of fused-ring (bicyclic) bond motifs is 2. The number of hydrogen-bond acceptors (Lipinski definition) is 9. The topological polar surface area (TPSA) is 165 Å². The highest BCUT2D eigenvalue weighted by Gasteiger charge is 2.50. The number of carbonyl (C=O) groups is 4. The second kappa shape index (κ2) is 18.8. The molecule has 4 amide bonds. The van der Waals surface area contributed by atoms with Gasteiger partial charge in [-0.1, -0.05) is 0 Å². The van der Waals surface area contributed by atoms with Gasteiger partial charge in [0.15, 0.2) is 0 Å². The van der Waals surface area contributed by atoms with Gasteiger partial charge in [-0.2, -0.15) is 0 Å². The molecule has 0 aromatic carbocycles. The lowest BCUT2D eigenvalue weighted by atomic mass is 10.1. The molecule has 248 valence electrons. The smallest absolute Gasteiger partial charge is 0.407 e. The van der Waals surface area contributed by atoms with E-state index < -0.39 is 24.4 Å². The Morgan fingerprint density at radius 3 is 1.11 bits per heavy atom. The van der Waals surface area contributed by atoms with Gasteiger partial charge in [0.1, 0.15) is 13.2 Å². The summed E-state index contributed by atoms with van der Waals surface area (Å²) in [5.41, 5.74) is 0. The zero-order chi connectivity index (χ0) is 31.7.